The van der Waals surface area contributed by atoms with Gasteiger partial charge in [-0.2, -0.15) is 5.26 Å². The highest BCUT2D eigenvalue weighted by molar-refractivity contribution is 5.69. The first kappa shape index (κ1) is 9.95. The van der Waals surface area contributed by atoms with Crippen molar-refractivity contribution in [2.75, 3.05) is 13.1 Å². The molecule has 0 atom stereocenters. The van der Waals surface area contributed by atoms with Crippen LogP contribution in [0.1, 0.15) is 24.5 Å². The van der Waals surface area contributed by atoms with Gasteiger partial charge in [0.2, 0.25) is 0 Å². The monoisotopic (exact) mass is 197 g/mol. The van der Waals surface area contributed by atoms with Gasteiger partial charge in [-0.15, -0.1) is 0 Å². The molecule has 1 radical (unpaired) electrons. The Morgan fingerprint density at radius 1 is 1.27 bits per heavy atom. The van der Waals surface area contributed by atoms with Gasteiger partial charge in [0, 0.05) is 13.1 Å². The molecule has 0 bridgehead atoms. The molecule has 15 heavy (non-hydrogen) atoms. The van der Waals surface area contributed by atoms with Crippen molar-refractivity contribution in [1.82, 2.24) is 5.32 Å². The molecular weight excluding hydrogens is 184 g/mol. The van der Waals surface area contributed by atoms with Gasteiger partial charge >= 0.3 is 0 Å². The van der Waals surface area contributed by atoms with Gasteiger partial charge in [0.05, 0.1) is 11.6 Å². The highest BCUT2D eigenvalue weighted by atomic mass is 14.9. The molecule has 0 N–H and O–H groups in total. The number of hydrogen-bond donors (Lipinski definition) is 0. The van der Waals surface area contributed by atoms with Crippen LogP contribution >= 0.6 is 0 Å². The summed E-state index contributed by atoms with van der Waals surface area (Å²) >= 11 is 0. The van der Waals surface area contributed by atoms with Gasteiger partial charge in [-0.3, -0.25) is 0 Å². The van der Waals surface area contributed by atoms with Crippen LogP contribution in [0.4, 0.5) is 0 Å². The topological polar surface area (TPSA) is 37.9 Å². The van der Waals surface area contributed by atoms with Crippen LogP contribution in [0.25, 0.3) is 5.57 Å². The van der Waals surface area contributed by atoms with Crippen molar-refractivity contribution in [1.29, 1.82) is 5.26 Å². The summed E-state index contributed by atoms with van der Waals surface area (Å²) < 4.78 is 0. The van der Waals surface area contributed by atoms with Gasteiger partial charge < -0.3 is 0 Å². The zero-order valence-electron chi connectivity index (χ0n) is 8.83. The molecule has 1 aromatic rings. The predicted molar refractivity (Wildman–Crippen MR) is 60.2 cm³/mol. The fourth-order valence-electron chi connectivity index (χ4n) is 1.88. The van der Waals surface area contributed by atoms with Gasteiger partial charge in [0.1, 0.15) is 0 Å². The third-order valence-corrected chi connectivity index (χ3v) is 2.75. The molecule has 0 amide bonds. The van der Waals surface area contributed by atoms with Gasteiger partial charge in [0.25, 0.3) is 0 Å². The molecule has 1 heterocycles. The number of benzene rings is 1. The quantitative estimate of drug-likeness (QED) is 0.681. The number of nitrogens with zero attached hydrogens (tertiary/aromatic N) is 2. The maximum Gasteiger partial charge on any atom is 0.0991 e. The lowest BCUT2D eigenvalue weighted by Crippen LogP contribution is -2.16. The molecule has 0 unspecified atom stereocenters. The molecule has 2 rings (SSSR count). The van der Waals surface area contributed by atoms with Gasteiger partial charge in [-0.1, -0.05) is 17.7 Å². The van der Waals surface area contributed by atoms with Gasteiger partial charge in [-0.25, -0.2) is 5.32 Å². The van der Waals surface area contributed by atoms with Crippen LogP contribution in [-0.2, 0) is 0 Å². The van der Waals surface area contributed by atoms with Crippen LogP contribution in [-0.4, -0.2) is 13.1 Å². The highest BCUT2D eigenvalue weighted by Gasteiger charge is 2.10. The van der Waals surface area contributed by atoms with Crippen LogP contribution in [0, 0.1) is 11.3 Å². The minimum Gasteiger partial charge on any atom is -0.237 e. The lowest BCUT2D eigenvalue weighted by atomic mass is 9.95. The molecule has 75 valence electrons. The van der Waals surface area contributed by atoms with Crippen molar-refractivity contribution >= 4 is 5.57 Å². The Labute approximate surface area is 90.2 Å². The lowest BCUT2D eigenvalue weighted by molar-refractivity contribution is 0.699. The van der Waals surface area contributed by atoms with Crippen molar-refractivity contribution < 1.29 is 0 Å². The molecule has 0 spiro atoms. The predicted octanol–water partition coefficient (Wildman–Crippen LogP) is 2.34. The van der Waals surface area contributed by atoms with Crippen molar-refractivity contribution in [3.8, 4) is 6.07 Å². The van der Waals surface area contributed by atoms with E-state index in [1.165, 1.54) is 16.7 Å². The van der Waals surface area contributed by atoms with E-state index in [-0.39, 0.29) is 0 Å². The Hall–Kier alpha value is -1.59. The molecule has 1 aliphatic rings. The van der Waals surface area contributed by atoms with Crippen LogP contribution in [0.15, 0.2) is 29.8 Å². The number of nitriles is 1. The summed E-state index contributed by atoms with van der Waals surface area (Å²) in [7, 11) is 0. The SMILES string of the molecule is CC1=C(c2ccc(C#N)cc2)CC[N]C1. The Bertz CT molecular complexity index is 421. The molecule has 0 aliphatic carbocycles. The van der Waals surface area contributed by atoms with Crippen molar-refractivity contribution in [2.45, 2.75) is 13.3 Å². The Balaban J connectivity index is 2.33. The maximum atomic E-state index is 8.71. The smallest absolute Gasteiger partial charge is 0.0991 e. The zero-order valence-corrected chi connectivity index (χ0v) is 8.83. The van der Waals surface area contributed by atoms with E-state index in [2.05, 4.69) is 18.3 Å². The molecule has 0 saturated carbocycles. The average molecular weight is 197 g/mol. The summed E-state index contributed by atoms with van der Waals surface area (Å²) in [5, 5.41) is 13.1. The summed E-state index contributed by atoms with van der Waals surface area (Å²) in [6.45, 7) is 3.91. The normalized spacial score (nSPS) is 16.3. The van der Waals surface area contributed by atoms with Crippen LogP contribution in [0.5, 0.6) is 0 Å². The molecule has 1 aliphatic heterocycles. The Morgan fingerprint density at radius 2 is 2.00 bits per heavy atom. The second-order valence-corrected chi connectivity index (χ2v) is 3.80. The summed E-state index contributed by atoms with van der Waals surface area (Å²) in [5.74, 6) is 0. The minimum atomic E-state index is 0.720. The maximum absolute atomic E-state index is 8.71. The van der Waals surface area contributed by atoms with Crippen molar-refractivity contribution in [3.63, 3.8) is 0 Å². The first-order valence-electron chi connectivity index (χ1n) is 5.13. The molecule has 1 aromatic carbocycles. The second-order valence-electron chi connectivity index (χ2n) is 3.80. The highest BCUT2D eigenvalue weighted by Crippen LogP contribution is 2.24. The fourth-order valence-corrected chi connectivity index (χ4v) is 1.88. The standard InChI is InChI=1S/C13H13N2/c1-10-9-15-7-6-13(10)12-4-2-11(8-14)3-5-12/h2-5H,6-7,9H2,1H3. The molecular formula is C13H13N2. The molecule has 0 fully saturated rings. The first-order valence-corrected chi connectivity index (χ1v) is 5.13. The summed E-state index contributed by atoms with van der Waals surface area (Å²) in [4.78, 5) is 0. The summed E-state index contributed by atoms with van der Waals surface area (Å²) in [6, 6.07) is 9.95. The van der Waals surface area contributed by atoms with E-state index in [0.29, 0.717) is 0 Å². The Kier molecular flexibility index (Phi) is 2.84. The molecule has 2 heteroatoms. The third kappa shape index (κ3) is 2.08. The summed E-state index contributed by atoms with van der Waals surface area (Å²) in [5.41, 5.74) is 4.71. The second kappa shape index (κ2) is 4.29. The lowest BCUT2D eigenvalue weighted by Gasteiger charge is -2.17. The van der Waals surface area contributed by atoms with Crippen molar-refractivity contribution in [3.05, 3.63) is 41.0 Å². The van der Waals surface area contributed by atoms with Crippen molar-refractivity contribution in [2.24, 2.45) is 0 Å². The van der Waals surface area contributed by atoms with E-state index < -0.39 is 0 Å². The van der Waals surface area contributed by atoms with Gasteiger partial charge in [-0.05, 0) is 36.6 Å². The van der Waals surface area contributed by atoms with E-state index >= 15 is 0 Å². The minimum absolute atomic E-state index is 0.720. The van der Waals surface area contributed by atoms with E-state index in [4.69, 9.17) is 5.26 Å². The summed E-state index contributed by atoms with van der Waals surface area (Å²) in [6.07, 6.45) is 1.03. The molecule has 0 saturated heterocycles. The van der Waals surface area contributed by atoms with Crippen LogP contribution in [0.2, 0.25) is 0 Å². The average Bonchev–Trinajstić information content (AvgIpc) is 2.30. The van der Waals surface area contributed by atoms with E-state index in [1.807, 2.05) is 24.3 Å². The van der Waals surface area contributed by atoms with E-state index in [9.17, 15) is 0 Å². The Morgan fingerprint density at radius 3 is 2.60 bits per heavy atom. The fraction of sp³-hybridized carbons (Fsp3) is 0.308. The number of rotatable bonds is 1. The molecule has 0 aromatic heterocycles. The van der Waals surface area contributed by atoms with Gasteiger partial charge in [0.15, 0.2) is 0 Å². The molecule has 2 nitrogen and oxygen atoms in total. The largest absolute Gasteiger partial charge is 0.237 e. The zero-order chi connectivity index (χ0) is 10.7. The van der Waals surface area contributed by atoms with E-state index in [1.54, 1.807) is 0 Å². The van der Waals surface area contributed by atoms with E-state index in [0.717, 1.165) is 25.1 Å². The van der Waals surface area contributed by atoms with Crippen LogP contribution in [0.3, 0.4) is 0 Å². The number of hydrogen-bond acceptors (Lipinski definition) is 1. The first-order chi connectivity index (χ1) is 7.31. The third-order valence-electron chi connectivity index (χ3n) is 2.75. The van der Waals surface area contributed by atoms with Crippen LogP contribution < -0.4 is 5.32 Å².